The van der Waals surface area contributed by atoms with Crippen molar-refractivity contribution in [2.45, 2.75) is 24.6 Å². The molecule has 1 nitrogen and oxygen atoms in total. The van der Waals surface area contributed by atoms with Crippen molar-refractivity contribution in [1.82, 2.24) is 0 Å². The summed E-state index contributed by atoms with van der Waals surface area (Å²) in [6.07, 6.45) is 0.931. The Morgan fingerprint density at radius 1 is 1.36 bits per heavy atom. The predicted octanol–water partition coefficient (Wildman–Crippen LogP) is 2.98. The second kappa shape index (κ2) is 5.81. The van der Waals surface area contributed by atoms with Gasteiger partial charge in [0.1, 0.15) is 13.0 Å². The Morgan fingerprint density at radius 3 is 2.43 bits per heavy atom. The molecule has 0 aromatic heterocycles. The Morgan fingerprint density at radius 2 is 1.93 bits per heavy atom. The van der Waals surface area contributed by atoms with Crippen molar-refractivity contribution in [3.8, 4) is 0 Å². The van der Waals surface area contributed by atoms with Gasteiger partial charge in [0.25, 0.3) is 0 Å². The van der Waals surface area contributed by atoms with Gasteiger partial charge in [-0.1, -0.05) is 24.3 Å². The van der Waals surface area contributed by atoms with E-state index in [1.165, 1.54) is 0 Å². The largest absolute Gasteiger partial charge is 0.302 e. The fourth-order valence-electron chi connectivity index (χ4n) is 0.992. The molecule has 0 aliphatic heterocycles. The summed E-state index contributed by atoms with van der Waals surface area (Å²) in [6.45, 7) is 1.45. The first-order chi connectivity index (χ1) is 6.76. The third kappa shape index (κ3) is 3.50. The number of alkyl halides is 1. The van der Waals surface area contributed by atoms with E-state index in [-0.39, 0.29) is 5.25 Å². The zero-order valence-electron chi connectivity index (χ0n) is 8.07. The zero-order valence-corrected chi connectivity index (χ0v) is 8.89. The highest BCUT2D eigenvalue weighted by Gasteiger charge is 2.00. The Hall–Kier alpha value is -0.830. The van der Waals surface area contributed by atoms with Gasteiger partial charge in [0.05, 0.1) is 5.25 Å². The monoisotopic (exact) mass is 212 g/mol. The van der Waals surface area contributed by atoms with Crippen LogP contribution in [0.3, 0.4) is 0 Å². The highest BCUT2D eigenvalue weighted by atomic mass is 32.2. The van der Waals surface area contributed by atoms with Gasteiger partial charge in [-0.3, -0.25) is 0 Å². The molecule has 0 amide bonds. The van der Waals surface area contributed by atoms with E-state index in [0.717, 1.165) is 17.6 Å². The van der Waals surface area contributed by atoms with Gasteiger partial charge in [0, 0.05) is 5.75 Å². The summed E-state index contributed by atoms with van der Waals surface area (Å²) in [6, 6.07) is 7.36. The van der Waals surface area contributed by atoms with Gasteiger partial charge in [0.2, 0.25) is 0 Å². The Balaban J connectivity index is 2.47. The van der Waals surface area contributed by atoms with Crippen molar-refractivity contribution in [2.24, 2.45) is 0 Å². The lowest BCUT2D eigenvalue weighted by atomic mass is 10.2. The third-order valence-electron chi connectivity index (χ3n) is 1.88. The summed E-state index contributed by atoms with van der Waals surface area (Å²) in [5.74, 6) is 0.798. The molecular weight excluding hydrogens is 199 g/mol. The van der Waals surface area contributed by atoms with E-state index in [1.54, 1.807) is 23.9 Å². The predicted molar refractivity (Wildman–Crippen MR) is 58.1 cm³/mol. The van der Waals surface area contributed by atoms with Crippen LogP contribution >= 0.6 is 11.8 Å². The first kappa shape index (κ1) is 11.2. The van der Waals surface area contributed by atoms with Crippen molar-refractivity contribution in [1.29, 1.82) is 0 Å². The molecule has 1 atom stereocenters. The number of carbonyl (C=O) groups excluding carboxylic acids is 1. The van der Waals surface area contributed by atoms with Gasteiger partial charge in [-0.05, 0) is 18.1 Å². The highest BCUT2D eigenvalue weighted by Crippen LogP contribution is 2.16. The number of halogens is 1. The second-order valence-corrected chi connectivity index (χ2v) is 4.47. The molecule has 0 bridgehead atoms. The van der Waals surface area contributed by atoms with Gasteiger partial charge in [-0.25, -0.2) is 4.39 Å². The minimum Gasteiger partial charge on any atom is -0.302 e. The van der Waals surface area contributed by atoms with Crippen LogP contribution < -0.4 is 0 Å². The van der Waals surface area contributed by atoms with Gasteiger partial charge in [-0.15, -0.1) is 11.8 Å². The molecule has 1 aromatic carbocycles. The molecule has 3 heteroatoms. The van der Waals surface area contributed by atoms with E-state index in [1.807, 2.05) is 19.1 Å². The first-order valence-electron chi connectivity index (χ1n) is 4.47. The summed E-state index contributed by atoms with van der Waals surface area (Å²) < 4.78 is 12.2. The topological polar surface area (TPSA) is 17.1 Å². The van der Waals surface area contributed by atoms with Crippen LogP contribution in [0, 0.1) is 0 Å². The number of benzene rings is 1. The third-order valence-corrected chi connectivity index (χ3v) is 3.02. The number of rotatable bonds is 5. The number of hydrogen-bond acceptors (Lipinski definition) is 2. The van der Waals surface area contributed by atoms with Crippen LogP contribution in [0.4, 0.5) is 4.39 Å². The fourth-order valence-corrected chi connectivity index (χ4v) is 1.72. The number of carbonyl (C=O) groups is 1. The average Bonchev–Trinajstić information content (AvgIpc) is 2.26. The normalized spacial score (nSPS) is 12.4. The maximum atomic E-state index is 12.2. The molecule has 1 unspecified atom stereocenters. The summed E-state index contributed by atoms with van der Waals surface area (Å²) in [5, 5.41) is 0.0239. The fraction of sp³-hybridized carbons (Fsp3) is 0.364. The number of thioether (sulfide) groups is 1. The van der Waals surface area contributed by atoms with Gasteiger partial charge in [0.15, 0.2) is 0 Å². The van der Waals surface area contributed by atoms with E-state index in [2.05, 4.69) is 0 Å². The molecule has 0 fully saturated rings. The second-order valence-electron chi connectivity index (χ2n) is 3.10. The first-order valence-corrected chi connectivity index (χ1v) is 5.52. The van der Waals surface area contributed by atoms with E-state index in [9.17, 15) is 9.18 Å². The quantitative estimate of drug-likeness (QED) is 0.698. The maximum absolute atomic E-state index is 12.2. The van der Waals surface area contributed by atoms with Crippen LogP contribution in [-0.4, -0.2) is 11.5 Å². The molecule has 76 valence electrons. The lowest BCUT2D eigenvalue weighted by Gasteiger charge is -2.04. The smallest absolute Gasteiger partial charge is 0.132 e. The molecule has 1 aromatic rings. The molecule has 1 rings (SSSR count). The van der Waals surface area contributed by atoms with Crippen molar-refractivity contribution in [3.05, 3.63) is 35.4 Å². The minimum atomic E-state index is -0.418. The molecule has 0 aliphatic carbocycles. The average molecular weight is 212 g/mol. The minimum absolute atomic E-state index is 0.0239. The van der Waals surface area contributed by atoms with Crippen molar-refractivity contribution < 1.29 is 9.18 Å². The molecule has 0 radical (unpaired) electrons. The van der Waals surface area contributed by atoms with Crippen LogP contribution in [-0.2, 0) is 17.2 Å². The molecule has 0 saturated carbocycles. The van der Waals surface area contributed by atoms with Crippen molar-refractivity contribution in [2.75, 3.05) is 0 Å². The molecule has 0 saturated heterocycles. The Labute approximate surface area is 87.7 Å². The van der Waals surface area contributed by atoms with Crippen LogP contribution in [0.15, 0.2) is 24.3 Å². The van der Waals surface area contributed by atoms with Gasteiger partial charge < -0.3 is 4.79 Å². The van der Waals surface area contributed by atoms with Crippen LogP contribution in [0.25, 0.3) is 0 Å². The lowest BCUT2D eigenvalue weighted by molar-refractivity contribution is -0.107. The van der Waals surface area contributed by atoms with Crippen molar-refractivity contribution in [3.63, 3.8) is 0 Å². The molecule has 0 heterocycles. The molecule has 14 heavy (non-hydrogen) atoms. The van der Waals surface area contributed by atoms with Crippen molar-refractivity contribution >= 4 is 18.0 Å². The Kier molecular flexibility index (Phi) is 4.66. The highest BCUT2D eigenvalue weighted by molar-refractivity contribution is 7.99. The Bertz CT molecular complexity index is 284. The lowest BCUT2D eigenvalue weighted by Crippen LogP contribution is -1.97. The standard InChI is InChI=1S/C11H13FOS/c1-9(7-13)14-8-11-4-2-10(6-12)3-5-11/h2-5,7,9H,6,8H2,1H3. The molecule has 0 N–H and O–H groups in total. The number of hydrogen-bond donors (Lipinski definition) is 0. The molecule has 0 aliphatic rings. The van der Waals surface area contributed by atoms with E-state index in [4.69, 9.17) is 0 Å². The molecule has 0 spiro atoms. The van der Waals surface area contributed by atoms with Crippen LogP contribution in [0.5, 0.6) is 0 Å². The van der Waals surface area contributed by atoms with Crippen LogP contribution in [0.1, 0.15) is 18.1 Å². The summed E-state index contributed by atoms with van der Waals surface area (Å²) in [5.41, 5.74) is 1.82. The summed E-state index contributed by atoms with van der Waals surface area (Å²) in [4.78, 5) is 10.4. The maximum Gasteiger partial charge on any atom is 0.132 e. The van der Waals surface area contributed by atoms with Gasteiger partial charge >= 0.3 is 0 Å². The zero-order chi connectivity index (χ0) is 10.4. The van der Waals surface area contributed by atoms with E-state index in [0.29, 0.717) is 5.56 Å². The molecular formula is C11H13FOS. The van der Waals surface area contributed by atoms with Gasteiger partial charge in [-0.2, -0.15) is 0 Å². The van der Waals surface area contributed by atoms with Crippen LogP contribution in [0.2, 0.25) is 0 Å². The summed E-state index contributed by atoms with van der Waals surface area (Å²) in [7, 11) is 0. The van der Waals surface area contributed by atoms with E-state index < -0.39 is 6.67 Å². The number of aldehydes is 1. The van der Waals surface area contributed by atoms with E-state index >= 15 is 0 Å². The SMILES string of the molecule is CC(C=O)SCc1ccc(CF)cc1. The summed E-state index contributed by atoms with van der Waals surface area (Å²) >= 11 is 1.58.